The maximum Gasteiger partial charge on any atom is 0.217 e. The van der Waals surface area contributed by atoms with Gasteiger partial charge in [0.25, 0.3) is 0 Å². The molecule has 60 atom stereocenters. The van der Waals surface area contributed by atoms with E-state index in [1.165, 1.54) is 13.8 Å². The fraction of sp³-hybridized carbons (Fsp3) is 0.939. The first-order chi connectivity index (χ1) is 69.0. The van der Waals surface area contributed by atoms with Gasteiger partial charge in [0.15, 0.2) is 75.5 Å². The van der Waals surface area contributed by atoms with E-state index >= 15 is 0 Å². The zero-order valence-electron chi connectivity index (χ0n) is 79.0. The Hall–Kier alpha value is -4.81. The molecule has 0 bridgehead atoms. The van der Waals surface area contributed by atoms with Crippen LogP contribution in [0, 0.1) is 0 Å². The van der Waals surface area contributed by atoms with Gasteiger partial charge in [0.2, 0.25) is 29.5 Å². The predicted molar refractivity (Wildman–Crippen MR) is 450 cm³/mol. The molecule has 0 aliphatic carbocycles. The van der Waals surface area contributed by atoms with E-state index in [1.807, 2.05) is 0 Å². The van der Waals surface area contributed by atoms with Gasteiger partial charge in [-0.05, 0) is 13.8 Å². The molecule has 12 saturated heterocycles. The summed E-state index contributed by atoms with van der Waals surface area (Å²) in [5.74, 6) is -4.85. The molecule has 146 heavy (non-hydrogen) atoms. The van der Waals surface area contributed by atoms with Gasteiger partial charge >= 0.3 is 0 Å². The highest BCUT2D eigenvalue weighted by atomic mass is 16.8. The standard InChI is InChI=1S/C82H137N5O59/c1-18-40(101)53(114)58(119)76(126-18)124-17-34-65(49(110)35(71(123)128-34)83-20(3)96)138-73-37(85-22(5)98)50(111)63(31(14-94)134-73)140-79-61(122)66(142-81-69(57(118)45(106)28(11-91)132-81)145-75-38(86-23(6)99)51(112)62(30(13-93)135-75)139-78-60(121)55(116)43(104)26(9-89)130-78)47(108)33(137-79)16-125-80-68(56(117)44(105)27(10-90)131-80)144-74-39(87-24(7)100)52(113)64(32(15-95)136-74)141-82-70(146-77-59(120)54(115)41(102)19(2)127-77)67(46(107)29(12-92)133-82)143-72-36(84-21(4)97)48(109)42(103)25(8-88)129-72/h18-19,25-82,88-95,101-123H,8-17H2,1-7H3,(H,83,96)(H,84,97)(H,85,98)(H,86,99)(H,87,100)/t18-,19-,25-,26-,27-,28-,29-,30-,31-,32-,33-,34-,35-,36-,37-,38-,39-,40+,41+,42+,43+,44-,45-,46+,47-,48-,49-,50-,51-,52-,53+,54+,55+,56+,57+,58-,59-,60-,61+,62-,63-,64-,65-,66+,67+,68+,69+,70-,71+,72-,73+,74+,75+,76+,77-,78+,79+,80+,81-,82+/m1/s1. The van der Waals surface area contributed by atoms with E-state index in [1.54, 1.807) is 0 Å². The van der Waals surface area contributed by atoms with Crippen LogP contribution in [0.4, 0.5) is 0 Å². The van der Waals surface area contributed by atoms with Crippen LogP contribution in [-0.2, 0) is 133 Å². The van der Waals surface area contributed by atoms with Crippen LogP contribution in [0.15, 0.2) is 0 Å². The quantitative estimate of drug-likeness (QED) is 0.0275. The number of carbonyl (C=O) groups excluding carboxylic acids is 5. The van der Waals surface area contributed by atoms with Crippen LogP contribution in [0.5, 0.6) is 0 Å². The van der Waals surface area contributed by atoms with Gasteiger partial charge in [-0.15, -0.1) is 0 Å². The molecule has 0 unspecified atom stereocenters. The van der Waals surface area contributed by atoms with Crippen molar-refractivity contribution < 1.29 is 291 Å². The molecule has 0 aromatic rings. The average molecular weight is 2140 g/mol. The SMILES string of the molecule is CC(=O)N[C@@H]1[C@@H](O)[C@H](O[C@@H]2O[C@H](CO)[C@@H](O[C@@H]3O[C@H](CO[C@H]4O[C@H](CO)[C@@H](O)[C@H](O)[C@@H]4O[C@@H]4O[C@H](CO)[C@@H](O[C@@H]5O[C@H](CO)[C@H](O)[C@H](O[C@H]6O[C@H](CO)[C@H](O)[C@H](O)[C@H]6NC(C)=O)[C@H]5O[C@H]5O[C@H](C)[C@H](O)[C@H](O)[C@H]5O)[C@H](O)[C@H]4NC(C)=O)[C@@H](O)[C@H](O[C@H]4O[C@H](CO)[C@@H](O)[C@H](O)[C@@H]4O[C@@H]4O[C@H](CO)[C@@H](O[C@@H]5O[C@H](CO)[C@H](O)[C@H](O)[C@H]5O)[C@H](O)[C@H]4NC(C)=O)[C@@H]3O)[C@H](O)[C@H]2NC(C)=O)[C@@H](CO[C@H]2O[C@H](C)[C@H](O)[C@H](O)[C@H]2O)O[C@@H]1O. The fourth-order valence-corrected chi connectivity index (χ4v) is 19.1. The molecule has 0 spiro atoms. The minimum absolute atomic E-state index is 0.872. The second-order valence-corrected chi connectivity index (χ2v) is 37.3. The summed E-state index contributed by atoms with van der Waals surface area (Å²) in [5.41, 5.74) is 0. The number of hydrogen-bond donors (Lipinski definition) is 36. The van der Waals surface area contributed by atoms with Crippen LogP contribution in [0.25, 0.3) is 0 Å². The highest BCUT2D eigenvalue weighted by Crippen LogP contribution is 2.43. The Morgan fingerprint density at radius 3 is 0.863 bits per heavy atom. The van der Waals surface area contributed by atoms with Crippen LogP contribution in [0.3, 0.4) is 0 Å². The zero-order chi connectivity index (χ0) is 107. The van der Waals surface area contributed by atoms with E-state index in [-0.39, 0.29) is 0 Å². The topological polar surface area (TPSA) is 985 Å². The maximum absolute atomic E-state index is 13.5. The summed E-state index contributed by atoms with van der Waals surface area (Å²) in [7, 11) is 0. The second-order valence-electron chi connectivity index (χ2n) is 37.3. The van der Waals surface area contributed by atoms with Gasteiger partial charge < -0.3 is 294 Å². The molecule has 12 rings (SSSR count). The van der Waals surface area contributed by atoms with E-state index in [0.29, 0.717) is 0 Å². The first kappa shape index (κ1) is 120. The lowest BCUT2D eigenvalue weighted by molar-refractivity contribution is -0.404. The van der Waals surface area contributed by atoms with Crippen molar-refractivity contribution in [2.24, 2.45) is 0 Å². The summed E-state index contributed by atoms with van der Waals surface area (Å²) in [6.45, 7) is -4.60. The van der Waals surface area contributed by atoms with Crippen molar-refractivity contribution in [2.75, 3.05) is 66.1 Å². The summed E-state index contributed by atoms with van der Waals surface area (Å²) in [6.07, 6.45) is -117. The van der Waals surface area contributed by atoms with Gasteiger partial charge in [0.05, 0.1) is 78.3 Å². The fourth-order valence-electron chi connectivity index (χ4n) is 19.1. The minimum atomic E-state index is -2.70. The Balaban J connectivity index is 0.875. The van der Waals surface area contributed by atoms with Gasteiger partial charge in [-0.25, -0.2) is 0 Å². The summed E-state index contributed by atoms with van der Waals surface area (Å²) in [5, 5.41) is 364. The Bertz CT molecular complexity index is 4090. The number of aliphatic hydroxyl groups excluding tert-OH is 31. The first-order valence-electron chi connectivity index (χ1n) is 46.9. The third-order valence-electron chi connectivity index (χ3n) is 27.0. The third kappa shape index (κ3) is 26.4. The Labute approximate surface area is 827 Å². The number of nitrogens with one attached hydrogen (secondary N) is 5. The molecule has 0 radical (unpaired) electrons. The number of carbonyl (C=O) groups is 5. The van der Waals surface area contributed by atoms with Gasteiger partial charge in [-0.3, -0.25) is 24.0 Å². The summed E-state index contributed by atoms with van der Waals surface area (Å²) >= 11 is 0. The van der Waals surface area contributed by atoms with E-state index in [9.17, 15) is 182 Å². The normalized spacial score (nSPS) is 49.8. The molecule has 5 amide bonds. The summed E-state index contributed by atoms with van der Waals surface area (Å²) < 4.78 is 139. The Morgan fingerprint density at radius 1 is 0.192 bits per heavy atom. The van der Waals surface area contributed by atoms with Crippen molar-refractivity contribution >= 4 is 29.5 Å². The largest absolute Gasteiger partial charge is 0.394 e. The van der Waals surface area contributed by atoms with Crippen molar-refractivity contribution in [2.45, 2.75) is 417 Å². The van der Waals surface area contributed by atoms with E-state index in [0.717, 1.165) is 34.6 Å². The molecule has 0 aromatic heterocycles. The number of amides is 5. The van der Waals surface area contributed by atoms with Crippen LogP contribution in [0.2, 0.25) is 0 Å². The Morgan fingerprint density at radius 2 is 0.438 bits per heavy atom. The average Bonchev–Trinajstić information content (AvgIpc) is 0.847. The van der Waals surface area contributed by atoms with Crippen molar-refractivity contribution in [3.05, 3.63) is 0 Å². The molecule has 0 aromatic carbocycles. The molecule has 0 saturated carbocycles. The predicted octanol–water partition coefficient (Wildman–Crippen LogP) is -24.4. The highest BCUT2D eigenvalue weighted by molar-refractivity contribution is 5.75. The van der Waals surface area contributed by atoms with E-state index in [2.05, 4.69) is 26.6 Å². The molecule has 64 nitrogen and oxygen atoms in total. The molecule has 64 heteroatoms. The van der Waals surface area contributed by atoms with Crippen molar-refractivity contribution in [3.63, 3.8) is 0 Å². The van der Waals surface area contributed by atoms with Gasteiger partial charge in [0, 0.05) is 34.6 Å². The number of ether oxygens (including phenoxy) is 23. The molecule has 12 aliphatic rings. The van der Waals surface area contributed by atoms with Crippen LogP contribution < -0.4 is 26.6 Å². The van der Waals surface area contributed by atoms with Crippen molar-refractivity contribution in [1.82, 2.24) is 26.6 Å². The molecule has 844 valence electrons. The van der Waals surface area contributed by atoms with Gasteiger partial charge in [-0.1, -0.05) is 0 Å². The lowest BCUT2D eigenvalue weighted by atomic mass is 9.93. The molecule has 12 fully saturated rings. The highest BCUT2D eigenvalue weighted by Gasteiger charge is 2.64. The smallest absolute Gasteiger partial charge is 0.217 e. The molecular formula is C82H137N5O59. The molecule has 36 N–H and O–H groups in total. The van der Waals surface area contributed by atoms with Crippen LogP contribution in [0.1, 0.15) is 48.5 Å². The van der Waals surface area contributed by atoms with E-state index < -0.39 is 464 Å². The third-order valence-corrected chi connectivity index (χ3v) is 27.0. The lowest BCUT2D eigenvalue weighted by Gasteiger charge is -2.51. The monoisotopic (exact) mass is 2140 g/mol. The molecule has 12 heterocycles. The second kappa shape index (κ2) is 52.2. The van der Waals surface area contributed by atoms with Crippen molar-refractivity contribution in [3.8, 4) is 0 Å². The Kier molecular flexibility index (Phi) is 42.8. The zero-order valence-corrected chi connectivity index (χ0v) is 79.0. The van der Waals surface area contributed by atoms with Crippen LogP contribution >= 0.6 is 0 Å². The number of hydrogen-bond acceptors (Lipinski definition) is 59. The van der Waals surface area contributed by atoms with Gasteiger partial charge in [0.1, 0.15) is 280 Å². The maximum atomic E-state index is 13.5. The summed E-state index contributed by atoms with van der Waals surface area (Å²) in [4.78, 5) is 65.2. The number of aliphatic hydroxyl groups is 31. The van der Waals surface area contributed by atoms with Gasteiger partial charge in [-0.2, -0.15) is 0 Å². The molecular weight excluding hydrogens is 2000 g/mol. The first-order valence-corrected chi connectivity index (χ1v) is 46.9. The molecule has 12 aliphatic heterocycles. The lowest BCUT2D eigenvalue weighted by Crippen LogP contribution is -2.71. The minimum Gasteiger partial charge on any atom is -0.394 e. The van der Waals surface area contributed by atoms with Crippen LogP contribution in [-0.4, -0.2) is 622 Å². The number of rotatable bonds is 37. The van der Waals surface area contributed by atoms with E-state index in [4.69, 9.17) is 109 Å². The summed E-state index contributed by atoms with van der Waals surface area (Å²) in [6, 6.07) is -9.85. The van der Waals surface area contributed by atoms with Crippen molar-refractivity contribution in [1.29, 1.82) is 0 Å².